The van der Waals surface area contributed by atoms with Gasteiger partial charge in [0.05, 0.1) is 12.1 Å². The van der Waals surface area contributed by atoms with Crippen LogP contribution >= 0.6 is 11.3 Å². The molecule has 0 saturated heterocycles. The number of rotatable bonds is 10. The molecule has 3 rings (SSSR count). The first-order valence-electron chi connectivity index (χ1n) is 10.7. The number of benzene rings is 1. The molecule has 0 unspecified atom stereocenters. The lowest BCUT2D eigenvalue weighted by Crippen LogP contribution is -2.39. The molecule has 1 aliphatic carbocycles. The zero-order chi connectivity index (χ0) is 22.4. The fourth-order valence-corrected chi connectivity index (χ4v) is 3.93. The molecule has 1 aromatic carbocycles. The van der Waals surface area contributed by atoms with Gasteiger partial charge >= 0.3 is 0 Å². The van der Waals surface area contributed by atoms with Gasteiger partial charge in [-0.25, -0.2) is 4.98 Å². The van der Waals surface area contributed by atoms with Gasteiger partial charge in [-0.05, 0) is 43.7 Å². The van der Waals surface area contributed by atoms with Crippen LogP contribution in [0.4, 0.5) is 5.13 Å². The monoisotopic (exact) mass is 442 g/mol. The van der Waals surface area contributed by atoms with Crippen LogP contribution in [0.1, 0.15) is 54.7 Å². The van der Waals surface area contributed by atoms with E-state index in [2.05, 4.69) is 29.5 Å². The Kier molecular flexibility index (Phi) is 7.79. The minimum absolute atomic E-state index is 0.0115. The predicted molar refractivity (Wildman–Crippen MR) is 122 cm³/mol. The fourth-order valence-electron chi connectivity index (χ4n) is 3.21. The third-order valence-electron chi connectivity index (χ3n) is 5.12. The van der Waals surface area contributed by atoms with Crippen molar-refractivity contribution in [2.24, 2.45) is 5.92 Å². The summed E-state index contributed by atoms with van der Waals surface area (Å²) in [7, 11) is 0. The molecule has 1 aromatic heterocycles. The number of aromatic nitrogens is 1. The van der Waals surface area contributed by atoms with Crippen LogP contribution < -0.4 is 10.6 Å². The van der Waals surface area contributed by atoms with Gasteiger partial charge in [-0.3, -0.25) is 14.4 Å². The average molecular weight is 443 g/mol. The van der Waals surface area contributed by atoms with E-state index < -0.39 is 0 Å². The Morgan fingerprint density at radius 1 is 1.19 bits per heavy atom. The molecular formula is C23H30N4O3S. The smallest absolute Gasteiger partial charge is 0.254 e. The van der Waals surface area contributed by atoms with E-state index in [0.717, 1.165) is 24.8 Å². The molecule has 3 amide bonds. The summed E-state index contributed by atoms with van der Waals surface area (Å²) in [5, 5.41) is 7.87. The maximum Gasteiger partial charge on any atom is 0.254 e. The second-order valence-electron chi connectivity index (χ2n) is 8.38. The van der Waals surface area contributed by atoms with E-state index in [9.17, 15) is 14.4 Å². The number of carbonyl (C=O) groups excluding carboxylic acids is 3. The summed E-state index contributed by atoms with van der Waals surface area (Å²) in [4.78, 5) is 43.6. The number of hydrogen-bond acceptors (Lipinski definition) is 5. The van der Waals surface area contributed by atoms with E-state index in [1.54, 1.807) is 16.3 Å². The fraction of sp³-hybridized carbons (Fsp3) is 0.478. The molecule has 0 aliphatic heterocycles. The highest BCUT2D eigenvalue weighted by molar-refractivity contribution is 7.13. The Hall–Kier alpha value is -2.74. The summed E-state index contributed by atoms with van der Waals surface area (Å²) in [6.45, 7) is 6.76. The van der Waals surface area contributed by atoms with Gasteiger partial charge in [0, 0.05) is 23.5 Å². The molecule has 0 spiro atoms. The summed E-state index contributed by atoms with van der Waals surface area (Å²) in [5.74, 6) is 0.0617. The van der Waals surface area contributed by atoms with Gasteiger partial charge in [0.1, 0.15) is 6.54 Å². The Balaban J connectivity index is 1.53. The van der Waals surface area contributed by atoms with Crippen LogP contribution in [0.25, 0.3) is 0 Å². The highest BCUT2D eigenvalue weighted by atomic mass is 32.1. The standard InChI is InChI=1S/C23H30N4O3S/c1-15(2)10-11-24-20(28)12-17-14-31-23(25-17)26-21(29)13-27(18-8-9-18)22(30)19-7-5-4-6-16(19)3/h4-7,14-15,18H,8-13H2,1-3H3,(H,24,28)(H,25,26,29). The van der Waals surface area contributed by atoms with Crippen LogP contribution in [0.2, 0.25) is 0 Å². The van der Waals surface area contributed by atoms with E-state index in [1.807, 2.05) is 25.1 Å². The molecule has 166 valence electrons. The van der Waals surface area contributed by atoms with E-state index in [4.69, 9.17) is 0 Å². The average Bonchev–Trinajstić information content (AvgIpc) is 3.46. The summed E-state index contributed by atoms with van der Waals surface area (Å²) in [6.07, 6.45) is 2.95. The highest BCUT2D eigenvalue weighted by Gasteiger charge is 2.34. The van der Waals surface area contributed by atoms with E-state index >= 15 is 0 Å². The Morgan fingerprint density at radius 3 is 2.61 bits per heavy atom. The van der Waals surface area contributed by atoms with Crippen molar-refractivity contribution >= 4 is 34.2 Å². The van der Waals surface area contributed by atoms with Gasteiger partial charge in [0.25, 0.3) is 5.91 Å². The van der Waals surface area contributed by atoms with Crippen molar-refractivity contribution in [2.75, 3.05) is 18.4 Å². The lowest BCUT2D eigenvalue weighted by molar-refractivity contribution is -0.120. The molecule has 1 heterocycles. The van der Waals surface area contributed by atoms with Gasteiger partial charge in [-0.1, -0.05) is 32.0 Å². The van der Waals surface area contributed by atoms with Crippen molar-refractivity contribution in [2.45, 2.75) is 52.5 Å². The van der Waals surface area contributed by atoms with Crippen molar-refractivity contribution in [3.8, 4) is 0 Å². The molecule has 1 fully saturated rings. The van der Waals surface area contributed by atoms with Crippen LogP contribution in [0.3, 0.4) is 0 Å². The molecule has 2 aromatic rings. The van der Waals surface area contributed by atoms with Crippen molar-refractivity contribution in [1.29, 1.82) is 0 Å². The van der Waals surface area contributed by atoms with Gasteiger partial charge in [0.15, 0.2) is 5.13 Å². The number of hydrogen-bond donors (Lipinski definition) is 2. The molecule has 1 saturated carbocycles. The van der Waals surface area contributed by atoms with Crippen LogP contribution in [-0.4, -0.2) is 46.7 Å². The SMILES string of the molecule is Cc1ccccc1C(=O)N(CC(=O)Nc1nc(CC(=O)NCCC(C)C)cs1)C1CC1. The van der Waals surface area contributed by atoms with Crippen molar-refractivity contribution in [3.05, 3.63) is 46.5 Å². The number of thiazole rings is 1. The van der Waals surface area contributed by atoms with Crippen LogP contribution in [0.5, 0.6) is 0 Å². The van der Waals surface area contributed by atoms with Gasteiger partial charge in [0.2, 0.25) is 11.8 Å². The van der Waals surface area contributed by atoms with Crippen LogP contribution in [0.15, 0.2) is 29.6 Å². The first-order valence-corrected chi connectivity index (χ1v) is 11.6. The molecule has 31 heavy (non-hydrogen) atoms. The number of anilines is 1. The highest BCUT2D eigenvalue weighted by Crippen LogP contribution is 2.29. The van der Waals surface area contributed by atoms with Gasteiger partial charge in [-0.15, -0.1) is 11.3 Å². The van der Waals surface area contributed by atoms with E-state index in [-0.39, 0.29) is 36.7 Å². The second-order valence-corrected chi connectivity index (χ2v) is 9.24. The molecule has 1 aliphatic rings. The Morgan fingerprint density at radius 2 is 1.94 bits per heavy atom. The topological polar surface area (TPSA) is 91.4 Å². The van der Waals surface area contributed by atoms with Gasteiger partial charge in [-0.2, -0.15) is 0 Å². The molecule has 0 radical (unpaired) electrons. The van der Waals surface area contributed by atoms with E-state index in [0.29, 0.717) is 28.9 Å². The first kappa shape index (κ1) is 22.9. The molecular weight excluding hydrogens is 412 g/mol. The summed E-state index contributed by atoms with van der Waals surface area (Å²) >= 11 is 1.28. The quantitative estimate of drug-likeness (QED) is 0.590. The Bertz CT molecular complexity index is 936. The number of carbonyl (C=O) groups is 3. The number of nitrogens with one attached hydrogen (secondary N) is 2. The largest absolute Gasteiger partial charge is 0.356 e. The molecule has 8 heteroatoms. The Labute approximate surface area is 187 Å². The second kappa shape index (κ2) is 10.5. The third kappa shape index (κ3) is 6.89. The van der Waals surface area contributed by atoms with Crippen LogP contribution in [0, 0.1) is 12.8 Å². The maximum absolute atomic E-state index is 13.0. The minimum atomic E-state index is -0.281. The summed E-state index contributed by atoms with van der Waals surface area (Å²) in [6, 6.07) is 7.53. The lowest BCUT2D eigenvalue weighted by atomic mass is 10.1. The number of aryl methyl sites for hydroxylation is 1. The van der Waals surface area contributed by atoms with Crippen molar-refractivity contribution in [1.82, 2.24) is 15.2 Å². The van der Waals surface area contributed by atoms with E-state index in [1.165, 1.54) is 11.3 Å². The zero-order valence-electron chi connectivity index (χ0n) is 18.3. The zero-order valence-corrected chi connectivity index (χ0v) is 19.1. The minimum Gasteiger partial charge on any atom is -0.356 e. The molecule has 0 bridgehead atoms. The third-order valence-corrected chi connectivity index (χ3v) is 5.93. The predicted octanol–water partition coefficient (Wildman–Crippen LogP) is 3.40. The van der Waals surface area contributed by atoms with Crippen molar-refractivity contribution < 1.29 is 14.4 Å². The normalized spacial score (nSPS) is 13.2. The van der Waals surface area contributed by atoms with Crippen molar-refractivity contribution in [3.63, 3.8) is 0 Å². The molecule has 2 N–H and O–H groups in total. The summed E-state index contributed by atoms with van der Waals surface area (Å²) in [5.41, 5.74) is 2.15. The number of amides is 3. The first-order chi connectivity index (χ1) is 14.8. The van der Waals surface area contributed by atoms with Crippen LogP contribution in [-0.2, 0) is 16.0 Å². The molecule has 0 atom stereocenters. The lowest BCUT2D eigenvalue weighted by Gasteiger charge is -2.22. The number of nitrogens with zero attached hydrogens (tertiary/aromatic N) is 2. The molecule has 7 nitrogen and oxygen atoms in total. The summed E-state index contributed by atoms with van der Waals surface area (Å²) < 4.78 is 0. The maximum atomic E-state index is 13.0. The van der Waals surface area contributed by atoms with Gasteiger partial charge < -0.3 is 15.5 Å².